The third-order valence-corrected chi connectivity index (χ3v) is 4.81. The highest BCUT2D eigenvalue weighted by Crippen LogP contribution is 2.36. The molecule has 0 saturated heterocycles. The maximum atomic E-state index is 12.0. The first-order chi connectivity index (χ1) is 11.9. The molecule has 0 unspecified atom stereocenters. The van der Waals surface area contributed by atoms with Crippen LogP contribution in [0.15, 0.2) is 41.2 Å². The van der Waals surface area contributed by atoms with E-state index in [-0.39, 0.29) is 16.6 Å². The predicted octanol–water partition coefficient (Wildman–Crippen LogP) is 3.37. The fraction of sp³-hybridized carbons (Fsp3) is 0.176. The Kier molecular flexibility index (Phi) is 4.69. The summed E-state index contributed by atoms with van der Waals surface area (Å²) in [5.41, 5.74) is 7.05. The van der Waals surface area contributed by atoms with Gasteiger partial charge >= 0.3 is 0 Å². The number of carbonyl (C=O) groups is 1. The van der Waals surface area contributed by atoms with E-state index in [1.54, 1.807) is 24.3 Å². The van der Waals surface area contributed by atoms with E-state index in [2.05, 4.69) is 10.1 Å². The van der Waals surface area contributed by atoms with Gasteiger partial charge in [0.2, 0.25) is 0 Å². The number of hydrogen-bond acceptors (Lipinski definition) is 5. The van der Waals surface area contributed by atoms with Gasteiger partial charge in [-0.05, 0) is 32.0 Å². The van der Waals surface area contributed by atoms with Gasteiger partial charge in [0.15, 0.2) is 5.01 Å². The Labute approximate surface area is 152 Å². The fourth-order valence-corrected chi connectivity index (χ4v) is 3.44. The molecule has 0 atom stereocenters. The summed E-state index contributed by atoms with van der Waals surface area (Å²) in [6.45, 7) is 3.75. The Morgan fingerprint density at radius 1 is 1.28 bits per heavy atom. The van der Waals surface area contributed by atoms with Crippen molar-refractivity contribution in [3.8, 4) is 21.8 Å². The van der Waals surface area contributed by atoms with Crippen LogP contribution >= 0.6 is 22.9 Å². The first-order valence-corrected chi connectivity index (χ1v) is 8.73. The summed E-state index contributed by atoms with van der Waals surface area (Å²) >= 11 is 7.21. The molecule has 8 heteroatoms. The molecular formula is C17H15ClN4O2S. The highest BCUT2D eigenvalue weighted by Gasteiger charge is 2.20. The van der Waals surface area contributed by atoms with Crippen LogP contribution in [-0.4, -0.2) is 20.7 Å². The van der Waals surface area contributed by atoms with Crippen LogP contribution in [0, 0.1) is 0 Å². The lowest BCUT2D eigenvalue weighted by atomic mass is 10.1. The minimum Gasteiger partial charge on any atom is -0.364 e. The van der Waals surface area contributed by atoms with E-state index in [4.69, 9.17) is 17.3 Å². The Balaban J connectivity index is 2.24. The van der Waals surface area contributed by atoms with Gasteiger partial charge in [0, 0.05) is 16.7 Å². The average molecular weight is 375 g/mol. The van der Waals surface area contributed by atoms with Crippen molar-refractivity contribution in [1.29, 1.82) is 0 Å². The number of primary amides is 1. The monoisotopic (exact) mass is 374 g/mol. The molecule has 1 aromatic carbocycles. The second-order valence-electron chi connectivity index (χ2n) is 5.67. The molecule has 0 saturated carbocycles. The molecule has 3 aromatic rings. The molecule has 0 aliphatic carbocycles. The maximum Gasteiger partial charge on any atom is 0.277 e. The lowest BCUT2D eigenvalue weighted by Gasteiger charge is -2.10. The fourth-order valence-electron chi connectivity index (χ4n) is 2.35. The van der Waals surface area contributed by atoms with Crippen molar-refractivity contribution in [2.45, 2.75) is 19.9 Å². The molecule has 0 bridgehead atoms. The van der Waals surface area contributed by atoms with Crippen LogP contribution in [0.5, 0.6) is 0 Å². The van der Waals surface area contributed by atoms with Gasteiger partial charge in [0.1, 0.15) is 5.69 Å². The number of nitrogens with zero attached hydrogens (tertiary/aromatic N) is 3. The Morgan fingerprint density at radius 2 is 2.04 bits per heavy atom. The number of rotatable bonds is 4. The van der Waals surface area contributed by atoms with Gasteiger partial charge in [-0.2, -0.15) is 5.10 Å². The quantitative estimate of drug-likeness (QED) is 0.757. The number of thiazole rings is 1. The SMILES string of the molecule is CC(C)n1nc(-c2sc(C(N)=O)nc2-c2cccc(Cl)c2)ccc1=O. The second-order valence-corrected chi connectivity index (χ2v) is 7.10. The standard InChI is InChI=1S/C17H15ClN4O2S/c1-9(2)22-13(23)7-6-12(21-22)15-14(20-17(25-15)16(19)24)10-4-3-5-11(18)8-10/h3-9H,1-2H3,(H2,19,24). The molecule has 0 radical (unpaired) electrons. The molecule has 0 spiro atoms. The maximum absolute atomic E-state index is 12.0. The number of amides is 1. The zero-order chi connectivity index (χ0) is 18.1. The number of carbonyl (C=O) groups excluding carboxylic acids is 1. The Bertz CT molecular complexity index is 1010. The zero-order valence-corrected chi connectivity index (χ0v) is 15.1. The van der Waals surface area contributed by atoms with E-state index in [1.807, 2.05) is 19.9 Å². The molecule has 2 N–H and O–H groups in total. The summed E-state index contributed by atoms with van der Waals surface area (Å²) < 4.78 is 1.39. The lowest BCUT2D eigenvalue weighted by molar-refractivity contribution is 0.1000. The van der Waals surface area contributed by atoms with Gasteiger partial charge in [-0.15, -0.1) is 11.3 Å². The normalized spacial score (nSPS) is 11.0. The third kappa shape index (κ3) is 3.47. The molecule has 2 aromatic heterocycles. The smallest absolute Gasteiger partial charge is 0.277 e. The second kappa shape index (κ2) is 6.78. The van der Waals surface area contributed by atoms with Crippen molar-refractivity contribution in [1.82, 2.24) is 14.8 Å². The van der Waals surface area contributed by atoms with Gasteiger partial charge in [-0.25, -0.2) is 9.67 Å². The van der Waals surface area contributed by atoms with Gasteiger partial charge in [-0.3, -0.25) is 9.59 Å². The largest absolute Gasteiger partial charge is 0.364 e. The van der Waals surface area contributed by atoms with Crippen LogP contribution in [0.1, 0.15) is 29.7 Å². The average Bonchev–Trinajstić information content (AvgIpc) is 3.00. The molecule has 3 rings (SSSR count). The highest BCUT2D eigenvalue weighted by atomic mass is 35.5. The minimum atomic E-state index is -0.614. The lowest BCUT2D eigenvalue weighted by Crippen LogP contribution is -2.23. The first kappa shape index (κ1) is 17.3. The summed E-state index contributed by atoms with van der Waals surface area (Å²) in [6, 6.07) is 10.1. The molecule has 2 heterocycles. The van der Waals surface area contributed by atoms with Crippen LogP contribution in [0.2, 0.25) is 5.02 Å². The van der Waals surface area contributed by atoms with Crippen molar-refractivity contribution in [2.24, 2.45) is 5.73 Å². The van der Waals surface area contributed by atoms with Crippen LogP contribution in [-0.2, 0) is 0 Å². The molecule has 1 amide bonds. The molecule has 0 aliphatic heterocycles. The van der Waals surface area contributed by atoms with Crippen molar-refractivity contribution in [2.75, 3.05) is 0 Å². The van der Waals surface area contributed by atoms with Crippen LogP contribution in [0.4, 0.5) is 0 Å². The van der Waals surface area contributed by atoms with Gasteiger partial charge in [-0.1, -0.05) is 23.7 Å². The third-order valence-electron chi connectivity index (χ3n) is 3.48. The molecule has 0 aliphatic rings. The zero-order valence-electron chi connectivity index (χ0n) is 13.6. The van der Waals surface area contributed by atoms with E-state index < -0.39 is 5.91 Å². The van der Waals surface area contributed by atoms with E-state index in [1.165, 1.54) is 10.7 Å². The van der Waals surface area contributed by atoms with Crippen molar-refractivity contribution >= 4 is 28.8 Å². The Morgan fingerprint density at radius 3 is 2.68 bits per heavy atom. The van der Waals surface area contributed by atoms with Crippen molar-refractivity contribution in [3.63, 3.8) is 0 Å². The molecule has 25 heavy (non-hydrogen) atoms. The summed E-state index contributed by atoms with van der Waals surface area (Å²) in [4.78, 5) is 28.6. The summed E-state index contributed by atoms with van der Waals surface area (Å²) in [5.74, 6) is -0.614. The number of nitrogens with two attached hydrogens (primary N) is 1. The van der Waals surface area contributed by atoms with Crippen molar-refractivity contribution in [3.05, 3.63) is 56.8 Å². The number of benzene rings is 1. The van der Waals surface area contributed by atoms with E-state index in [0.717, 1.165) is 16.9 Å². The molecular weight excluding hydrogens is 360 g/mol. The van der Waals surface area contributed by atoms with E-state index >= 15 is 0 Å². The van der Waals surface area contributed by atoms with Gasteiger partial charge in [0.25, 0.3) is 11.5 Å². The molecule has 128 valence electrons. The number of halogens is 1. The summed E-state index contributed by atoms with van der Waals surface area (Å²) in [7, 11) is 0. The van der Waals surface area contributed by atoms with Crippen LogP contribution in [0.3, 0.4) is 0 Å². The predicted molar refractivity (Wildman–Crippen MR) is 99.0 cm³/mol. The topological polar surface area (TPSA) is 90.9 Å². The highest BCUT2D eigenvalue weighted by molar-refractivity contribution is 7.17. The van der Waals surface area contributed by atoms with Crippen LogP contribution < -0.4 is 11.3 Å². The van der Waals surface area contributed by atoms with Gasteiger partial charge < -0.3 is 5.73 Å². The minimum absolute atomic E-state index is 0.0920. The number of hydrogen-bond donors (Lipinski definition) is 1. The number of aromatic nitrogens is 3. The first-order valence-electron chi connectivity index (χ1n) is 7.53. The molecule has 6 nitrogen and oxygen atoms in total. The van der Waals surface area contributed by atoms with Crippen LogP contribution in [0.25, 0.3) is 21.8 Å². The van der Waals surface area contributed by atoms with E-state index in [0.29, 0.717) is 21.3 Å². The van der Waals surface area contributed by atoms with E-state index in [9.17, 15) is 9.59 Å². The summed E-state index contributed by atoms with van der Waals surface area (Å²) in [6.07, 6.45) is 0. The Hall–Kier alpha value is -2.51. The van der Waals surface area contributed by atoms with Crippen molar-refractivity contribution < 1.29 is 4.79 Å². The summed E-state index contributed by atoms with van der Waals surface area (Å²) in [5, 5.41) is 5.14. The van der Waals surface area contributed by atoms with Gasteiger partial charge in [0.05, 0.1) is 16.6 Å². The molecule has 0 fully saturated rings.